The molecule has 0 aliphatic rings. The van der Waals surface area contributed by atoms with Gasteiger partial charge in [0.25, 0.3) is 5.82 Å². The van der Waals surface area contributed by atoms with Crippen molar-refractivity contribution in [2.24, 2.45) is 7.05 Å². The lowest BCUT2D eigenvalue weighted by Crippen LogP contribution is -2.29. The van der Waals surface area contributed by atoms with Crippen molar-refractivity contribution < 1.29 is 13.4 Å². The Bertz CT molecular complexity index is 1410. The summed E-state index contributed by atoms with van der Waals surface area (Å²) in [5.74, 6) is 1.22. The number of aryl methyl sites for hydroxylation is 2. The van der Waals surface area contributed by atoms with Gasteiger partial charge in [-0.15, -0.1) is 0 Å². The number of halogens is 1. The number of aromatic nitrogens is 2. The molecule has 5 aromatic rings. The van der Waals surface area contributed by atoms with Crippen LogP contribution in [0.2, 0.25) is 0 Å². The van der Waals surface area contributed by atoms with Gasteiger partial charge in [-0.3, -0.25) is 0 Å². The van der Waals surface area contributed by atoms with E-state index in [0.717, 1.165) is 33.3 Å². The predicted octanol–water partition coefficient (Wildman–Crippen LogP) is 6.44. The first-order valence-electron chi connectivity index (χ1n) is 10.2. The summed E-state index contributed by atoms with van der Waals surface area (Å²) in [6, 6.07) is 17.5. The Labute approximate surface area is 175 Å². The SMILES string of the molecule is Cc1cc2oc3cc(F)ccc3c2cc1-c1n(-c2ccccc2C(C)C)cc[n+]1C. The molecular formula is C26H24FN2O+. The van der Waals surface area contributed by atoms with E-state index in [1.807, 2.05) is 6.07 Å². The zero-order valence-electron chi connectivity index (χ0n) is 17.6. The van der Waals surface area contributed by atoms with Crippen molar-refractivity contribution in [2.75, 3.05) is 0 Å². The first-order valence-corrected chi connectivity index (χ1v) is 10.2. The lowest BCUT2D eigenvalue weighted by molar-refractivity contribution is -0.659. The quantitative estimate of drug-likeness (QED) is 0.320. The number of imidazole rings is 1. The molecule has 30 heavy (non-hydrogen) atoms. The molecule has 0 saturated heterocycles. The van der Waals surface area contributed by atoms with Crippen LogP contribution in [0.4, 0.5) is 4.39 Å². The number of rotatable bonds is 3. The van der Waals surface area contributed by atoms with E-state index >= 15 is 0 Å². The Hall–Kier alpha value is -3.40. The fraction of sp³-hybridized carbons (Fsp3) is 0.192. The number of hydrogen-bond donors (Lipinski definition) is 0. The normalized spacial score (nSPS) is 11.8. The highest BCUT2D eigenvalue weighted by Crippen LogP contribution is 2.35. The van der Waals surface area contributed by atoms with Crippen molar-refractivity contribution in [3.63, 3.8) is 0 Å². The third kappa shape index (κ3) is 2.83. The van der Waals surface area contributed by atoms with Gasteiger partial charge < -0.3 is 4.42 Å². The van der Waals surface area contributed by atoms with Crippen LogP contribution in [0.15, 0.2) is 71.4 Å². The molecule has 0 N–H and O–H groups in total. The molecule has 3 nitrogen and oxygen atoms in total. The summed E-state index contributed by atoms with van der Waals surface area (Å²) in [7, 11) is 2.07. The van der Waals surface area contributed by atoms with Crippen LogP contribution in [0.3, 0.4) is 0 Å². The van der Waals surface area contributed by atoms with Gasteiger partial charge in [-0.1, -0.05) is 32.0 Å². The Kier molecular flexibility index (Phi) is 4.24. The van der Waals surface area contributed by atoms with E-state index in [4.69, 9.17) is 4.42 Å². The minimum Gasteiger partial charge on any atom is -0.456 e. The monoisotopic (exact) mass is 399 g/mol. The van der Waals surface area contributed by atoms with E-state index in [9.17, 15) is 4.39 Å². The van der Waals surface area contributed by atoms with Crippen LogP contribution in [0.25, 0.3) is 39.0 Å². The Morgan fingerprint density at radius 3 is 2.53 bits per heavy atom. The molecule has 2 aromatic heterocycles. The summed E-state index contributed by atoms with van der Waals surface area (Å²) in [6.45, 7) is 6.53. The van der Waals surface area contributed by atoms with Crippen molar-refractivity contribution >= 4 is 21.9 Å². The number of benzene rings is 3. The number of hydrogen-bond acceptors (Lipinski definition) is 1. The molecule has 0 unspecified atom stereocenters. The Morgan fingerprint density at radius 1 is 0.967 bits per heavy atom. The van der Waals surface area contributed by atoms with Gasteiger partial charge in [-0.05, 0) is 48.7 Å². The average Bonchev–Trinajstić information content (AvgIpc) is 3.26. The van der Waals surface area contributed by atoms with Gasteiger partial charge in [0.2, 0.25) is 0 Å². The second-order valence-electron chi connectivity index (χ2n) is 8.22. The molecule has 0 aliphatic heterocycles. The zero-order chi connectivity index (χ0) is 21.0. The summed E-state index contributed by atoms with van der Waals surface area (Å²) in [4.78, 5) is 0. The largest absolute Gasteiger partial charge is 0.456 e. The summed E-state index contributed by atoms with van der Waals surface area (Å²) in [5.41, 5.74) is 6.08. The van der Waals surface area contributed by atoms with Crippen molar-refractivity contribution in [2.45, 2.75) is 26.7 Å². The molecule has 0 spiro atoms. The third-order valence-corrected chi connectivity index (χ3v) is 5.84. The summed E-state index contributed by atoms with van der Waals surface area (Å²) in [5, 5.41) is 1.92. The van der Waals surface area contributed by atoms with Crippen LogP contribution in [0.1, 0.15) is 30.9 Å². The number of furan rings is 1. The van der Waals surface area contributed by atoms with E-state index in [-0.39, 0.29) is 5.82 Å². The summed E-state index contributed by atoms with van der Waals surface area (Å²) in [6.07, 6.45) is 4.20. The van der Waals surface area contributed by atoms with Gasteiger partial charge in [-0.25, -0.2) is 8.96 Å². The third-order valence-electron chi connectivity index (χ3n) is 5.84. The summed E-state index contributed by atoms with van der Waals surface area (Å²) >= 11 is 0. The van der Waals surface area contributed by atoms with Gasteiger partial charge in [-0.2, -0.15) is 4.57 Å². The molecular weight excluding hydrogens is 375 g/mol. The smallest absolute Gasteiger partial charge is 0.294 e. The van der Waals surface area contributed by atoms with Gasteiger partial charge in [0.1, 0.15) is 35.1 Å². The van der Waals surface area contributed by atoms with Crippen LogP contribution in [0.5, 0.6) is 0 Å². The molecule has 0 aliphatic carbocycles. The zero-order valence-corrected chi connectivity index (χ0v) is 17.6. The molecule has 5 rings (SSSR count). The lowest BCUT2D eigenvalue weighted by atomic mass is 10.00. The van der Waals surface area contributed by atoms with Crippen molar-refractivity contribution in [3.8, 4) is 17.1 Å². The Balaban J connectivity index is 1.79. The van der Waals surface area contributed by atoms with Crippen LogP contribution in [-0.2, 0) is 7.05 Å². The van der Waals surface area contributed by atoms with Crippen LogP contribution in [0, 0.1) is 12.7 Å². The maximum absolute atomic E-state index is 13.7. The topological polar surface area (TPSA) is 21.9 Å². The molecule has 0 radical (unpaired) electrons. The highest BCUT2D eigenvalue weighted by atomic mass is 19.1. The molecule has 0 atom stereocenters. The second-order valence-corrected chi connectivity index (χ2v) is 8.22. The van der Waals surface area contributed by atoms with Gasteiger partial charge in [0.15, 0.2) is 0 Å². The van der Waals surface area contributed by atoms with E-state index in [0.29, 0.717) is 11.5 Å². The minimum absolute atomic E-state index is 0.288. The minimum atomic E-state index is -0.288. The molecule has 2 heterocycles. The molecule has 150 valence electrons. The van der Waals surface area contributed by atoms with E-state index in [1.165, 1.54) is 23.4 Å². The van der Waals surface area contributed by atoms with Gasteiger partial charge in [0, 0.05) is 22.4 Å². The highest BCUT2D eigenvalue weighted by Gasteiger charge is 2.24. The van der Waals surface area contributed by atoms with Crippen molar-refractivity contribution in [1.82, 2.24) is 4.57 Å². The molecule has 3 aromatic carbocycles. The lowest BCUT2D eigenvalue weighted by Gasteiger charge is -2.12. The first kappa shape index (κ1) is 18.6. The molecule has 0 fully saturated rings. The molecule has 0 bridgehead atoms. The van der Waals surface area contributed by atoms with Crippen molar-refractivity contribution in [3.05, 3.63) is 83.9 Å². The van der Waals surface area contributed by atoms with Gasteiger partial charge >= 0.3 is 0 Å². The maximum Gasteiger partial charge on any atom is 0.294 e. The number of nitrogens with zero attached hydrogens (tertiary/aromatic N) is 2. The van der Waals surface area contributed by atoms with Crippen LogP contribution >= 0.6 is 0 Å². The van der Waals surface area contributed by atoms with E-state index in [1.54, 1.807) is 6.07 Å². The van der Waals surface area contributed by atoms with Crippen LogP contribution in [-0.4, -0.2) is 4.57 Å². The fourth-order valence-electron chi connectivity index (χ4n) is 4.33. The Morgan fingerprint density at radius 2 is 1.73 bits per heavy atom. The predicted molar refractivity (Wildman–Crippen MR) is 118 cm³/mol. The van der Waals surface area contributed by atoms with Crippen molar-refractivity contribution in [1.29, 1.82) is 0 Å². The first-order chi connectivity index (χ1) is 14.4. The fourth-order valence-corrected chi connectivity index (χ4v) is 4.33. The summed E-state index contributed by atoms with van der Waals surface area (Å²) < 4.78 is 24.0. The number of fused-ring (bicyclic) bond motifs is 3. The number of para-hydroxylation sites is 1. The average molecular weight is 399 g/mol. The van der Waals surface area contributed by atoms with E-state index in [2.05, 4.69) is 79.7 Å². The van der Waals surface area contributed by atoms with E-state index < -0.39 is 0 Å². The van der Waals surface area contributed by atoms with Gasteiger partial charge in [0.05, 0.1) is 12.6 Å². The maximum atomic E-state index is 13.7. The highest BCUT2D eigenvalue weighted by molar-refractivity contribution is 6.06. The second kappa shape index (κ2) is 6.84. The molecule has 4 heteroatoms. The van der Waals surface area contributed by atoms with Crippen LogP contribution < -0.4 is 4.57 Å². The molecule has 0 saturated carbocycles. The molecule has 0 amide bonds. The standard InChI is InChI=1S/C26H24FN2O/c1-16(2)19-7-5-6-8-23(19)29-12-11-28(4)26(29)21-15-22-20-10-9-18(27)14-25(20)30-24(22)13-17(21)3/h5-16H,1-4H3/q+1.